The molecule has 186 valence electrons. The van der Waals surface area contributed by atoms with E-state index in [2.05, 4.69) is 5.32 Å². The summed E-state index contributed by atoms with van der Waals surface area (Å²) in [5, 5.41) is 2.72. The fourth-order valence-electron chi connectivity index (χ4n) is 3.42. The molecule has 0 radical (unpaired) electrons. The molecule has 2 aromatic carbocycles. The number of furan rings is 1. The van der Waals surface area contributed by atoms with E-state index >= 15 is 0 Å². The van der Waals surface area contributed by atoms with Gasteiger partial charge in [0, 0.05) is 13.1 Å². The first-order chi connectivity index (χ1) is 16.6. The van der Waals surface area contributed by atoms with Gasteiger partial charge in [-0.05, 0) is 42.3 Å². The van der Waals surface area contributed by atoms with Crippen LogP contribution in [-0.2, 0) is 39.2 Å². The van der Waals surface area contributed by atoms with Crippen LogP contribution in [0.25, 0.3) is 0 Å². The van der Waals surface area contributed by atoms with Crippen LogP contribution >= 0.6 is 0 Å². The molecule has 0 aliphatic heterocycles. The van der Waals surface area contributed by atoms with Gasteiger partial charge in [0.05, 0.1) is 25.6 Å². The van der Waals surface area contributed by atoms with Gasteiger partial charge in [0.2, 0.25) is 21.8 Å². The van der Waals surface area contributed by atoms with Crippen LogP contribution in [0.2, 0.25) is 0 Å². The summed E-state index contributed by atoms with van der Waals surface area (Å²) in [5.74, 6) is -0.878. The van der Waals surface area contributed by atoms with E-state index in [1.54, 1.807) is 43.3 Å². The molecule has 0 fully saturated rings. The Kier molecular flexibility index (Phi) is 8.78. The Balaban J connectivity index is 1.80. The first kappa shape index (κ1) is 26.1. The maximum Gasteiger partial charge on any atom is 0.242 e. The molecule has 0 spiro atoms. The van der Waals surface area contributed by atoms with E-state index in [0.717, 1.165) is 16.1 Å². The molecule has 10 heteroatoms. The Morgan fingerprint density at radius 2 is 1.63 bits per heavy atom. The lowest BCUT2D eigenvalue weighted by molar-refractivity contribution is -0.140. The molecule has 0 saturated carbocycles. The van der Waals surface area contributed by atoms with Gasteiger partial charge >= 0.3 is 0 Å². The standard InChI is InChI=1S/C25H28FN3O5S/c1-19(25(31)27-15-23-9-6-14-34-23)29(17-21-10-12-22(26)13-11-21)24(30)18-28(35(2,32)33)16-20-7-4-3-5-8-20/h3-14,19H,15-18H2,1-2H3,(H,27,31)/t19-/m0/s1. The van der Waals surface area contributed by atoms with Gasteiger partial charge in [-0.15, -0.1) is 0 Å². The molecule has 1 atom stereocenters. The second-order valence-electron chi connectivity index (χ2n) is 8.14. The van der Waals surface area contributed by atoms with Crippen molar-refractivity contribution in [2.75, 3.05) is 12.8 Å². The number of sulfonamides is 1. The van der Waals surface area contributed by atoms with E-state index in [1.807, 2.05) is 6.07 Å². The predicted molar refractivity (Wildman–Crippen MR) is 129 cm³/mol. The van der Waals surface area contributed by atoms with Crippen molar-refractivity contribution in [2.45, 2.75) is 32.6 Å². The van der Waals surface area contributed by atoms with Crippen molar-refractivity contribution >= 4 is 21.8 Å². The smallest absolute Gasteiger partial charge is 0.242 e. The molecular formula is C25H28FN3O5S. The number of hydrogen-bond donors (Lipinski definition) is 1. The molecule has 0 saturated heterocycles. The fourth-order valence-corrected chi connectivity index (χ4v) is 4.15. The van der Waals surface area contributed by atoms with E-state index in [0.29, 0.717) is 11.3 Å². The van der Waals surface area contributed by atoms with E-state index in [1.165, 1.54) is 35.4 Å². The summed E-state index contributed by atoms with van der Waals surface area (Å²) in [7, 11) is -3.73. The minimum absolute atomic E-state index is 0.00259. The number of rotatable bonds is 11. The molecule has 8 nitrogen and oxygen atoms in total. The Hall–Kier alpha value is -3.50. The van der Waals surface area contributed by atoms with Crippen LogP contribution in [0.15, 0.2) is 77.4 Å². The summed E-state index contributed by atoms with van der Waals surface area (Å²) < 4.78 is 44.6. The molecule has 1 heterocycles. The van der Waals surface area contributed by atoms with Gasteiger partial charge in [-0.1, -0.05) is 42.5 Å². The van der Waals surface area contributed by atoms with Crippen molar-refractivity contribution in [3.8, 4) is 0 Å². The van der Waals surface area contributed by atoms with Gasteiger partial charge in [-0.3, -0.25) is 9.59 Å². The zero-order valence-corrected chi connectivity index (χ0v) is 20.4. The Morgan fingerprint density at radius 3 is 2.23 bits per heavy atom. The summed E-state index contributed by atoms with van der Waals surface area (Å²) in [5.41, 5.74) is 1.32. The third-order valence-corrected chi connectivity index (χ3v) is 6.63. The monoisotopic (exact) mass is 501 g/mol. The number of hydrogen-bond acceptors (Lipinski definition) is 5. The highest BCUT2D eigenvalue weighted by atomic mass is 32.2. The van der Waals surface area contributed by atoms with Crippen LogP contribution in [0.4, 0.5) is 4.39 Å². The first-order valence-electron chi connectivity index (χ1n) is 11.0. The van der Waals surface area contributed by atoms with Crippen LogP contribution in [0.3, 0.4) is 0 Å². The van der Waals surface area contributed by atoms with Gasteiger partial charge in [-0.2, -0.15) is 4.31 Å². The largest absolute Gasteiger partial charge is 0.467 e. The summed E-state index contributed by atoms with van der Waals surface area (Å²) in [6.45, 7) is 1.25. The molecular weight excluding hydrogens is 473 g/mol. The maximum atomic E-state index is 13.4. The SMILES string of the molecule is C[C@@H](C(=O)NCc1ccco1)N(Cc1ccc(F)cc1)C(=O)CN(Cc1ccccc1)S(C)(=O)=O. The maximum absolute atomic E-state index is 13.4. The summed E-state index contributed by atoms with van der Waals surface area (Å²) >= 11 is 0. The van der Waals surface area contributed by atoms with Gasteiger partial charge in [0.1, 0.15) is 17.6 Å². The minimum atomic E-state index is -3.73. The Labute approximate surface area is 204 Å². The Morgan fingerprint density at radius 1 is 0.971 bits per heavy atom. The minimum Gasteiger partial charge on any atom is -0.467 e. The lowest BCUT2D eigenvalue weighted by Crippen LogP contribution is -2.50. The fraction of sp³-hybridized carbons (Fsp3) is 0.280. The summed E-state index contributed by atoms with van der Waals surface area (Å²) in [4.78, 5) is 27.5. The molecule has 2 amide bonds. The van der Waals surface area contributed by atoms with Crippen molar-refractivity contribution < 1.29 is 26.8 Å². The molecule has 3 aromatic rings. The zero-order chi connectivity index (χ0) is 25.4. The van der Waals surface area contributed by atoms with Crippen molar-refractivity contribution in [1.82, 2.24) is 14.5 Å². The zero-order valence-electron chi connectivity index (χ0n) is 19.6. The average molecular weight is 502 g/mol. The number of amides is 2. The highest BCUT2D eigenvalue weighted by molar-refractivity contribution is 7.88. The second-order valence-corrected chi connectivity index (χ2v) is 10.1. The number of halogens is 1. The van der Waals surface area contributed by atoms with Gasteiger partial charge in [-0.25, -0.2) is 12.8 Å². The van der Waals surface area contributed by atoms with Gasteiger partial charge < -0.3 is 14.6 Å². The van der Waals surface area contributed by atoms with Crippen molar-refractivity contribution in [2.24, 2.45) is 0 Å². The molecule has 0 unspecified atom stereocenters. The molecule has 0 bridgehead atoms. The van der Waals surface area contributed by atoms with Crippen LogP contribution < -0.4 is 5.32 Å². The lowest BCUT2D eigenvalue weighted by atomic mass is 10.1. The molecule has 0 aliphatic rings. The highest BCUT2D eigenvalue weighted by Gasteiger charge is 2.30. The molecule has 1 N–H and O–H groups in total. The normalized spacial score (nSPS) is 12.3. The third kappa shape index (κ3) is 7.76. The first-order valence-corrected chi connectivity index (χ1v) is 12.8. The topological polar surface area (TPSA) is 99.9 Å². The van der Waals surface area contributed by atoms with E-state index in [4.69, 9.17) is 4.42 Å². The molecule has 3 rings (SSSR count). The van der Waals surface area contributed by atoms with Gasteiger partial charge in [0.15, 0.2) is 0 Å². The summed E-state index contributed by atoms with van der Waals surface area (Å²) in [6, 6.07) is 16.9. The highest BCUT2D eigenvalue weighted by Crippen LogP contribution is 2.14. The molecule has 1 aromatic heterocycles. The van der Waals surface area contributed by atoms with E-state index < -0.39 is 40.2 Å². The quantitative estimate of drug-likeness (QED) is 0.436. The third-order valence-electron chi connectivity index (χ3n) is 5.43. The number of benzene rings is 2. The summed E-state index contributed by atoms with van der Waals surface area (Å²) in [6.07, 6.45) is 2.52. The van der Waals surface area contributed by atoms with Crippen molar-refractivity contribution in [3.63, 3.8) is 0 Å². The number of nitrogens with zero attached hydrogens (tertiary/aromatic N) is 2. The average Bonchev–Trinajstić information content (AvgIpc) is 3.35. The van der Waals surface area contributed by atoms with Crippen LogP contribution in [0, 0.1) is 5.82 Å². The van der Waals surface area contributed by atoms with E-state index in [9.17, 15) is 22.4 Å². The predicted octanol–water partition coefficient (Wildman–Crippen LogP) is 2.91. The van der Waals surface area contributed by atoms with Gasteiger partial charge in [0.25, 0.3) is 0 Å². The van der Waals surface area contributed by atoms with Crippen LogP contribution in [0.5, 0.6) is 0 Å². The van der Waals surface area contributed by atoms with Crippen molar-refractivity contribution in [3.05, 3.63) is 95.7 Å². The Bertz CT molecular complexity index is 1220. The van der Waals surface area contributed by atoms with E-state index in [-0.39, 0.29) is 19.6 Å². The van der Waals surface area contributed by atoms with Crippen LogP contribution in [0.1, 0.15) is 23.8 Å². The molecule has 0 aliphatic carbocycles. The lowest BCUT2D eigenvalue weighted by Gasteiger charge is -2.31. The number of carbonyl (C=O) groups is 2. The van der Waals surface area contributed by atoms with Crippen molar-refractivity contribution in [1.29, 1.82) is 0 Å². The number of carbonyl (C=O) groups excluding carboxylic acids is 2. The second kappa shape index (κ2) is 11.8. The number of nitrogens with one attached hydrogen (secondary N) is 1. The van der Waals surface area contributed by atoms with Crippen LogP contribution in [-0.4, -0.2) is 48.3 Å². The molecule has 35 heavy (non-hydrogen) atoms.